The van der Waals surface area contributed by atoms with Crippen LogP contribution in [0.15, 0.2) is 24.3 Å². The van der Waals surface area contributed by atoms with E-state index in [9.17, 15) is 10.1 Å². The first-order valence-electron chi connectivity index (χ1n) is 6.94. The molecule has 0 aromatic heterocycles. The van der Waals surface area contributed by atoms with Gasteiger partial charge in [-0.1, -0.05) is 32.0 Å². The Hall–Kier alpha value is -1.42. The summed E-state index contributed by atoms with van der Waals surface area (Å²) in [5, 5.41) is 14.2. The van der Waals surface area contributed by atoms with Gasteiger partial charge in [0.15, 0.2) is 0 Å². The average Bonchev–Trinajstić information content (AvgIpc) is 2.37. The van der Waals surface area contributed by atoms with Gasteiger partial charge >= 0.3 is 0 Å². The Morgan fingerprint density at radius 1 is 1.32 bits per heavy atom. The Balaban J connectivity index is 2.50. The molecule has 0 saturated heterocycles. The predicted molar refractivity (Wildman–Crippen MR) is 78.3 cm³/mol. The van der Waals surface area contributed by atoms with E-state index in [2.05, 4.69) is 19.2 Å². The summed E-state index contributed by atoms with van der Waals surface area (Å²) in [6, 6.07) is 7.53. The molecule has 1 unspecified atom stereocenters. The van der Waals surface area contributed by atoms with Crippen molar-refractivity contribution in [1.82, 2.24) is 5.32 Å². The van der Waals surface area contributed by atoms with Gasteiger partial charge in [0.1, 0.15) is 0 Å². The van der Waals surface area contributed by atoms with Gasteiger partial charge in [0.25, 0.3) is 5.69 Å². The molecule has 0 aliphatic rings. The van der Waals surface area contributed by atoms with Crippen molar-refractivity contribution in [3.8, 4) is 0 Å². The van der Waals surface area contributed by atoms with E-state index in [4.69, 9.17) is 0 Å². The fourth-order valence-electron chi connectivity index (χ4n) is 2.39. The Morgan fingerprint density at radius 3 is 2.58 bits per heavy atom. The number of nitrogens with zero attached hydrogens (tertiary/aromatic N) is 1. The number of hydrogen-bond acceptors (Lipinski definition) is 3. The van der Waals surface area contributed by atoms with E-state index in [-0.39, 0.29) is 10.6 Å². The molecule has 1 rings (SSSR count). The van der Waals surface area contributed by atoms with Crippen LogP contribution in [0.25, 0.3) is 0 Å². The van der Waals surface area contributed by atoms with Gasteiger partial charge in [-0.25, -0.2) is 0 Å². The monoisotopic (exact) mass is 264 g/mol. The first-order chi connectivity index (χ1) is 9.04. The van der Waals surface area contributed by atoms with Gasteiger partial charge in [0.2, 0.25) is 0 Å². The van der Waals surface area contributed by atoms with E-state index in [1.54, 1.807) is 12.1 Å². The molecule has 1 N–H and O–H groups in total. The standard InChI is InChI=1S/C15H24N2O2/c1-12(2)11-14(16-3)9-6-8-13-7-4-5-10-15(13)17(18)19/h4-5,7,10,12,14,16H,6,8-9,11H2,1-3H3. The molecule has 4 nitrogen and oxygen atoms in total. The topological polar surface area (TPSA) is 55.2 Å². The quantitative estimate of drug-likeness (QED) is 0.577. The molecule has 106 valence electrons. The number of nitro groups is 1. The van der Waals surface area contributed by atoms with E-state index >= 15 is 0 Å². The minimum absolute atomic E-state index is 0.243. The van der Waals surface area contributed by atoms with E-state index in [1.807, 2.05) is 19.2 Å². The van der Waals surface area contributed by atoms with Crippen LogP contribution in [-0.2, 0) is 6.42 Å². The van der Waals surface area contributed by atoms with Gasteiger partial charge in [-0.2, -0.15) is 0 Å². The number of para-hydroxylation sites is 1. The van der Waals surface area contributed by atoms with Crippen LogP contribution in [0.5, 0.6) is 0 Å². The number of nitro benzene ring substituents is 1. The zero-order valence-electron chi connectivity index (χ0n) is 12.1. The van der Waals surface area contributed by atoms with Crippen LogP contribution in [0, 0.1) is 16.0 Å². The number of nitrogens with one attached hydrogen (secondary N) is 1. The minimum Gasteiger partial charge on any atom is -0.317 e. The van der Waals surface area contributed by atoms with Gasteiger partial charge < -0.3 is 5.32 Å². The molecule has 19 heavy (non-hydrogen) atoms. The predicted octanol–water partition coefficient (Wildman–Crippen LogP) is 3.55. The lowest BCUT2D eigenvalue weighted by Crippen LogP contribution is -2.26. The number of aryl methyl sites for hydroxylation is 1. The summed E-state index contributed by atoms with van der Waals surface area (Å²) in [4.78, 5) is 10.6. The van der Waals surface area contributed by atoms with Crippen LogP contribution in [-0.4, -0.2) is 18.0 Å². The molecule has 1 atom stereocenters. The average molecular weight is 264 g/mol. The summed E-state index contributed by atoms with van der Waals surface area (Å²) in [5.74, 6) is 0.670. The smallest absolute Gasteiger partial charge is 0.272 e. The van der Waals surface area contributed by atoms with Crippen molar-refractivity contribution in [3.63, 3.8) is 0 Å². The second kappa shape index (κ2) is 7.89. The summed E-state index contributed by atoms with van der Waals surface area (Å²) in [7, 11) is 1.98. The molecule has 0 aliphatic heterocycles. The van der Waals surface area contributed by atoms with E-state index in [0.29, 0.717) is 12.0 Å². The highest BCUT2D eigenvalue weighted by atomic mass is 16.6. The zero-order chi connectivity index (χ0) is 14.3. The number of benzene rings is 1. The maximum Gasteiger partial charge on any atom is 0.272 e. The Labute approximate surface area is 115 Å². The normalized spacial score (nSPS) is 12.6. The largest absolute Gasteiger partial charge is 0.317 e. The second-order valence-electron chi connectivity index (χ2n) is 5.39. The lowest BCUT2D eigenvalue weighted by Gasteiger charge is -2.18. The minimum atomic E-state index is -0.293. The van der Waals surface area contributed by atoms with Gasteiger partial charge in [0, 0.05) is 17.7 Å². The van der Waals surface area contributed by atoms with Crippen molar-refractivity contribution in [2.24, 2.45) is 5.92 Å². The zero-order valence-corrected chi connectivity index (χ0v) is 12.1. The molecular formula is C15H24N2O2. The van der Waals surface area contributed by atoms with E-state index < -0.39 is 0 Å². The molecule has 0 amide bonds. The van der Waals surface area contributed by atoms with Crippen LogP contribution in [0.4, 0.5) is 5.69 Å². The van der Waals surface area contributed by atoms with Crippen molar-refractivity contribution in [2.75, 3.05) is 7.05 Å². The van der Waals surface area contributed by atoms with Gasteiger partial charge in [-0.3, -0.25) is 10.1 Å². The van der Waals surface area contributed by atoms with E-state index in [1.165, 1.54) is 0 Å². The third-order valence-electron chi connectivity index (χ3n) is 3.35. The lowest BCUT2D eigenvalue weighted by molar-refractivity contribution is -0.385. The van der Waals surface area contributed by atoms with Crippen LogP contribution in [0.1, 0.15) is 38.7 Å². The molecule has 1 aromatic carbocycles. The molecule has 0 fully saturated rings. The van der Waals surface area contributed by atoms with Gasteiger partial charge in [-0.05, 0) is 38.6 Å². The Kier molecular flexibility index (Phi) is 6.50. The second-order valence-corrected chi connectivity index (χ2v) is 5.39. The molecule has 0 spiro atoms. The van der Waals surface area contributed by atoms with Crippen molar-refractivity contribution >= 4 is 5.69 Å². The Bertz CT molecular complexity index is 405. The van der Waals surface area contributed by atoms with Crippen molar-refractivity contribution in [2.45, 2.75) is 45.6 Å². The third-order valence-corrected chi connectivity index (χ3v) is 3.35. The van der Waals surface area contributed by atoms with Crippen molar-refractivity contribution in [1.29, 1.82) is 0 Å². The summed E-state index contributed by atoms with van der Waals surface area (Å²) >= 11 is 0. The first-order valence-corrected chi connectivity index (χ1v) is 6.94. The Morgan fingerprint density at radius 2 is 2.00 bits per heavy atom. The number of hydrogen-bond donors (Lipinski definition) is 1. The highest BCUT2D eigenvalue weighted by Gasteiger charge is 2.13. The molecule has 0 heterocycles. The molecule has 0 radical (unpaired) electrons. The molecule has 1 aromatic rings. The summed E-state index contributed by atoms with van der Waals surface area (Å²) in [5.41, 5.74) is 1.08. The SMILES string of the molecule is CNC(CCCc1ccccc1[N+](=O)[O-])CC(C)C. The van der Waals surface area contributed by atoms with Crippen molar-refractivity contribution < 1.29 is 4.92 Å². The highest BCUT2D eigenvalue weighted by Crippen LogP contribution is 2.20. The molecule has 0 aliphatic carbocycles. The van der Waals surface area contributed by atoms with E-state index in [0.717, 1.165) is 31.2 Å². The molecule has 0 bridgehead atoms. The maximum atomic E-state index is 10.9. The molecule has 0 saturated carbocycles. The molecule has 4 heteroatoms. The summed E-state index contributed by atoms with van der Waals surface area (Å²) in [6.45, 7) is 4.43. The van der Waals surface area contributed by atoms with Crippen LogP contribution < -0.4 is 5.32 Å². The lowest BCUT2D eigenvalue weighted by atomic mass is 9.97. The highest BCUT2D eigenvalue weighted by molar-refractivity contribution is 5.39. The van der Waals surface area contributed by atoms with Crippen LogP contribution >= 0.6 is 0 Å². The summed E-state index contributed by atoms with van der Waals surface area (Å²) < 4.78 is 0. The number of rotatable bonds is 8. The van der Waals surface area contributed by atoms with Gasteiger partial charge in [-0.15, -0.1) is 0 Å². The van der Waals surface area contributed by atoms with Crippen LogP contribution in [0.3, 0.4) is 0 Å². The molecular weight excluding hydrogens is 240 g/mol. The first kappa shape index (κ1) is 15.6. The maximum absolute atomic E-state index is 10.9. The third kappa shape index (κ3) is 5.39. The van der Waals surface area contributed by atoms with Gasteiger partial charge in [0.05, 0.1) is 4.92 Å². The fourth-order valence-corrected chi connectivity index (χ4v) is 2.39. The summed E-state index contributed by atoms with van der Waals surface area (Å²) in [6.07, 6.45) is 3.95. The van der Waals surface area contributed by atoms with Crippen molar-refractivity contribution in [3.05, 3.63) is 39.9 Å². The van der Waals surface area contributed by atoms with Crippen LogP contribution in [0.2, 0.25) is 0 Å². The fraction of sp³-hybridized carbons (Fsp3) is 0.600.